The summed E-state index contributed by atoms with van der Waals surface area (Å²) in [6.45, 7) is 0. The molecular formula is C19H16O2. The maximum atomic E-state index is 12.7. The quantitative estimate of drug-likeness (QED) is 0.665. The minimum absolute atomic E-state index is 0.0786. The average molecular weight is 276 g/mol. The van der Waals surface area contributed by atoms with E-state index in [1.165, 1.54) is 0 Å². The predicted octanol–water partition coefficient (Wildman–Crippen LogP) is 4.27. The van der Waals surface area contributed by atoms with E-state index in [4.69, 9.17) is 4.74 Å². The van der Waals surface area contributed by atoms with Gasteiger partial charge < -0.3 is 4.74 Å². The predicted molar refractivity (Wildman–Crippen MR) is 85.0 cm³/mol. The van der Waals surface area contributed by atoms with Gasteiger partial charge in [0.15, 0.2) is 5.78 Å². The van der Waals surface area contributed by atoms with Gasteiger partial charge in [-0.15, -0.1) is 0 Å². The van der Waals surface area contributed by atoms with Gasteiger partial charge in [0.05, 0.1) is 12.7 Å². The number of fused-ring (bicyclic) bond motifs is 1. The number of carbonyl (C=O) groups is 1. The number of carbonyl (C=O) groups excluding carboxylic acids is 1. The third kappa shape index (κ3) is 2.65. The Morgan fingerprint density at radius 2 is 1.62 bits per heavy atom. The Kier molecular flexibility index (Phi) is 3.69. The fourth-order valence-electron chi connectivity index (χ4n) is 2.58. The van der Waals surface area contributed by atoms with Crippen molar-refractivity contribution in [3.63, 3.8) is 0 Å². The van der Waals surface area contributed by atoms with Crippen LogP contribution in [0.4, 0.5) is 0 Å². The summed E-state index contributed by atoms with van der Waals surface area (Å²) >= 11 is 0. The number of rotatable bonds is 4. The van der Waals surface area contributed by atoms with Crippen molar-refractivity contribution >= 4 is 16.6 Å². The molecule has 0 atom stereocenters. The highest BCUT2D eigenvalue weighted by Crippen LogP contribution is 2.29. The molecule has 0 heterocycles. The van der Waals surface area contributed by atoms with Crippen LogP contribution in [0.15, 0.2) is 66.7 Å². The Labute approximate surface area is 124 Å². The van der Waals surface area contributed by atoms with Crippen LogP contribution >= 0.6 is 0 Å². The van der Waals surface area contributed by atoms with E-state index < -0.39 is 0 Å². The van der Waals surface area contributed by atoms with Gasteiger partial charge in [-0.3, -0.25) is 4.79 Å². The smallest absolute Gasteiger partial charge is 0.171 e. The van der Waals surface area contributed by atoms with Gasteiger partial charge in [-0.05, 0) is 22.4 Å². The largest absolute Gasteiger partial charge is 0.496 e. The van der Waals surface area contributed by atoms with E-state index in [1.54, 1.807) is 7.11 Å². The van der Waals surface area contributed by atoms with Gasteiger partial charge in [-0.2, -0.15) is 0 Å². The lowest BCUT2D eigenvalue weighted by Crippen LogP contribution is -2.06. The molecule has 2 nitrogen and oxygen atoms in total. The Hall–Kier alpha value is -2.61. The maximum Gasteiger partial charge on any atom is 0.171 e. The monoisotopic (exact) mass is 276 g/mol. The number of ether oxygens (including phenoxy) is 1. The van der Waals surface area contributed by atoms with Crippen molar-refractivity contribution in [3.8, 4) is 5.75 Å². The lowest BCUT2D eigenvalue weighted by atomic mass is 9.96. The summed E-state index contributed by atoms with van der Waals surface area (Å²) in [5.74, 6) is 0.712. The van der Waals surface area contributed by atoms with Crippen LogP contribution < -0.4 is 4.74 Å². The topological polar surface area (TPSA) is 26.3 Å². The first kappa shape index (κ1) is 13.4. The van der Waals surface area contributed by atoms with Crippen LogP contribution in [0.5, 0.6) is 5.75 Å². The van der Waals surface area contributed by atoms with Gasteiger partial charge >= 0.3 is 0 Å². The van der Waals surface area contributed by atoms with Crippen molar-refractivity contribution in [3.05, 3.63) is 77.9 Å². The third-order valence-corrected chi connectivity index (χ3v) is 3.60. The molecule has 104 valence electrons. The summed E-state index contributed by atoms with van der Waals surface area (Å²) in [6.07, 6.45) is 0.380. The van der Waals surface area contributed by atoms with Crippen LogP contribution in [0.1, 0.15) is 15.9 Å². The first-order chi connectivity index (χ1) is 10.3. The Morgan fingerprint density at radius 3 is 2.38 bits per heavy atom. The van der Waals surface area contributed by atoms with Crippen molar-refractivity contribution in [1.29, 1.82) is 0 Å². The Bertz CT molecular complexity index is 776. The van der Waals surface area contributed by atoms with Crippen LogP contribution in [0.2, 0.25) is 0 Å². The van der Waals surface area contributed by atoms with Gasteiger partial charge in [0, 0.05) is 6.42 Å². The zero-order valence-corrected chi connectivity index (χ0v) is 11.9. The number of benzene rings is 3. The number of methoxy groups -OCH3 is 1. The minimum Gasteiger partial charge on any atom is -0.496 e. The van der Waals surface area contributed by atoms with Gasteiger partial charge in [0.1, 0.15) is 5.75 Å². The van der Waals surface area contributed by atoms with Crippen LogP contribution in [0.25, 0.3) is 10.8 Å². The molecule has 0 saturated heterocycles. The highest BCUT2D eigenvalue weighted by molar-refractivity contribution is 6.11. The van der Waals surface area contributed by atoms with E-state index in [2.05, 4.69) is 0 Å². The molecule has 0 N–H and O–H groups in total. The van der Waals surface area contributed by atoms with E-state index in [-0.39, 0.29) is 5.78 Å². The van der Waals surface area contributed by atoms with E-state index in [0.717, 1.165) is 16.3 Å². The number of Topliss-reactive ketones (excluding diaryl/α,β-unsaturated/α-hetero) is 1. The highest BCUT2D eigenvalue weighted by Gasteiger charge is 2.16. The van der Waals surface area contributed by atoms with Crippen molar-refractivity contribution in [2.45, 2.75) is 6.42 Å². The molecule has 0 bridgehead atoms. The summed E-state index contributed by atoms with van der Waals surface area (Å²) in [7, 11) is 1.60. The normalized spacial score (nSPS) is 10.5. The molecule has 2 heteroatoms. The molecule has 3 aromatic carbocycles. The molecule has 21 heavy (non-hydrogen) atoms. The first-order valence-electron chi connectivity index (χ1n) is 6.92. The molecule has 0 amide bonds. The molecule has 3 aromatic rings. The molecule has 0 aromatic heterocycles. The molecule has 0 aliphatic rings. The first-order valence-corrected chi connectivity index (χ1v) is 6.92. The Balaban J connectivity index is 2.07. The third-order valence-electron chi connectivity index (χ3n) is 3.60. The highest BCUT2D eigenvalue weighted by atomic mass is 16.5. The second-order valence-electron chi connectivity index (χ2n) is 4.95. The summed E-state index contributed by atoms with van der Waals surface area (Å²) in [4.78, 5) is 12.7. The fraction of sp³-hybridized carbons (Fsp3) is 0.105. The lowest BCUT2D eigenvalue weighted by molar-refractivity contribution is 0.0992. The number of hydrogen-bond acceptors (Lipinski definition) is 2. The van der Waals surface area contributed by atoms with Crippen LogP contribution in [0, 0.1) is 0 Å². The van der Waals surface area contributed by atoms with E-state index in [9.17, 15) is 4.79 Å². The number of hydrogen-bond donors (Lipinski definition) is 0. The van der Waals surface area contributed by atoms with E-state index >= 15 is 0 Å². The molecule has 0 fully saturated rings. The van der Waals surface area contributed by atoms with E-state index in [0.29, 0.717) is 17.7 Å². The molecular weight excluding hydrogens is 260 g/mol. The molecule has 0 aliphatic carbocycles. The van der Waals surface area contributed by atoms with Gasteiger partial charge in [-0.1, -0.05) is 60.7 Å². The van der Waals surface area contributed by atoms with Gasteiger partial charge in [-0.25, -0.2) is 0 Å². The van der Waals surface area contributed by atoms with Crippen LogP contribution in [-0.2, 0) is 6.42 Å². The second-order valence-corrected chi connectivity index (χ2v) is 4.95. The summed E-state index contributed by atoms with van der Waals surface area (Å²) in [5.41, 5.74) is 1.68. The minimum atomic E-state index is 0.0786. The molecule has 0 radical (unpaired) electrons. The fourth-order valence-corrected chi connectivity index (χ4v) is 2.58. The van der Waals surface area contributed by atoms with Crippen LogP contribution in [-0.4, -0.2) is 12.9 Å². The van der Waals surface area contributed by atoms with Crippen molar-refractivity contribution in [1.82, 2.24) is 0 Å². The van der Waals surface area contributed by atoms with Gasteiger partial charge in [0.2, 0.25) is 0 Å². The van der Waals surface area contributed by atoms with Crippen molar-refractivity contribution < 1.29 is 9.53 Å². The molecule has 3 rings (SSSR count). The summed E-state index contributed by atoms with van der Waals surface area (Å²) in [6, 6.07) is 21.5. The van der Waals surface area contributed by atoms with Gasteiger partial charge in [0.25, 0.3) is 0 Å². The standard InChI is InChI=1S/C19H16O2/c1-21-18-12-11-15-9-5-6-10-16(15)19(18)17(20)13-14-7-3-2-4-8-14/h2-12H,13H2,1H3. The van der Waals surface area contributed by atoms with Crippen LogP contribution in [0.3, 0.4) is 0 Å². The maximum absolute atomic E-state index is 12.7. The summed E-state index contributed by atoms with van der Waals surface area (Å²) < 4.78 is 5.39. The number of ketones is 1. The van der Waals surface area contributed by atoms with E-state index in [1.807, 2.05) is 66.7 Å². The van der Waals surface area contributed by atoms with Crippen molar-refractivity contribution in [2.75, 3.05) is 7.11 Å². The second kappa shape index (κ2) is 5.80. The lowest BCUT2D eigenvalue weighted by Gasteiger charge is -2.11. The molecule has 0 spiro atoms. The van der Waals surface area contributed by atoms with Crippen molar-refractivity contribution in [2.24, 2.45) is 0 Å². The molecule has 0 unspecified atom stereocenters. The zero-order chi connectivity index (χ0) is 14.7. The summed E-state index contributed by atoms with van der Waals surface area (Å²) in [5, 5.41) is 1.99. The Morgan fingerprint density at radius 1 is 0.905 bits per heavy atom. The SMILES string of the molecule is COc1ccc2ccccc2c1C(=O)Cc1ccccc1. The molecule has 0 aliphatic heterocycles. The zero-order valence-electron chi connectivity index (χ0n) is 11.9. The average Bonchev–Trinajstić information content (AvgIpc) is 2.54. The molecule has 0 saturated carbocycles.